The van der Waals surface area contributed by atoms with Crippen molar-refractivity contribution in [1.82, 2.24) is 30.5 Å². The molecule has 5 amide bonds. The Bertz CT molecular complexity index is 1780. The molecule has 6 rings (SSSR count). The van der Waals surface area contributed by atoms with Gasteiger partial charge in [0.25, 0.3) is 11.8 Å². The minimum Gasteiger partial charge on any atom is -0.504 e. The maximum absolute atomic E-state index is 13.4. The molecule has 3 atom stereocenters. The molecular weight excluding hydrogens is 688 g/mol. The summed E-state index contributed by atoms with van der Waals surface area (Å²) >= 11 is 7.65. The molecule has 3 saturated heterocycles. The van der Waals surface area contributed by atoms with E-state index in [2.05, 4.69) is 20.9 Å². The third-order valence-corrected chi connectivity index (χ3v) is 10.6. The molecule has 1 aliphatic carbocycles. The van der Waals surface area contributed by atoms with Crippen LogP contribution in [0.4, 0.5) is 9.93 Å². The molecule has 1 saturated carbocycles. The molecular formula is C25H23ClN8O11S2. The third kappa shape index (κ3) is 5.24. The maximum Gasteiger partial charge on any atom is 0.350 e. The highest BCUT2D eigenvalue weighted by Crippen LogP contribution is 2.49. The van der Waals surface area contributed by atoms with Crippen molar-refractivity contribution in [2.45, 2.75) is 34.7 Å². The van der Waals surface area contributed by atoms with Crippen LogP contribution in [-0.2, 0) is 24.0 Å². The molecule has 0 spiro atoms. The molecule has 1 aromatic carbocycles. The summed E-state index contributed by atoms with van der Waals surface area (Å²) in [6.07, 6.45) is 0.326. The van der Waals surface area contributed by atoms with Gasteiger partial charge >= 0.3 is 18.0 Å². The number of hydrogen-bond donors (Lipinski definition) is 7. The lowest BCUT2D eigenvalue weighted by atomic mass is 10.1. The fourth-order valence-electron chi connectivity index (χ4n) is 5.10. The number of halogens is 1. The Morgan fingerprint density at radius 2 is 1.85 bits per heavy atom. The molecule has 0 radical (unpaired) electrons. The average Bonchev–Trinajstić information content (AvgIpc) is 3.36. The van der Waals surface area contributed by atoms with Crippen LogP contribution in [0.3, 0.4) is 0 Å². The lowest BCUT2D eigenvalue weighted by Crippen LogP contribution is -2.68. The normalized spacial score (nSPS) is 24.4. The van der Waals surface area contributed by atoms with E-state index in [0.717, 1.165) is 45.1 Å². The summed E-state index contributed by atoms with van der Waals surface area (Å²) in [5.41, 5.74) is 5.63. The topological polar surface area (TPSA) is 278 Å². The second-order valence-electron chi connectivity index (χ2n) is 10.7. The third-order valence-electron chi connectivity index (χ3n) is 7.87. The predicted molar refractivity (Wildman–Crippen MR) is 160 cm³/mol. The molecule has 19 nitrogen and oxygen atoms in total. The molecule has 0 bridgehead atoms. The van der Waals surface area contributed by atoms with Crippen LogP contribution in [-0.4, -0.2) is 123 Å². The fraction of sp³-hybridized carbons (Fsp3) is 0.360. The highest BCUT2D eigenvalue weighted by Gasteiger charge is 2.66. The van der Waals surface area contributed by atoms with Crippen LogP contribution in [0.15, 0.2) is 22.7 Å². The van der Waals surface area contributed by atoms with Gasteiger partial charge < -0.3 is 41.2 Å². The molecule has 2 aromatic rings. The number of anilines is 1. The van der Waals surface area contributed by atoms with Crippen LogP contribution in [0.25, 0.3) is 0 Å². The number of β-lactam (4-membered cyclic amide) rings is 1. The number of phenols is 2. The number of aliphatic carboxylic acids is 2. The number of oxime groups is 1. The van der Waals surface area contributed by atoms with Gasteiger partial charge in [0.2, 0.25) is 16.4 Å². The number of aromatic nitrogens is 1. The van der Waals surface area contributed by atoms with Crippen molar-refractivity contribution in [3.63, 3.8) is 0 Å². The van der Waals surface area contributed by atoms with Crippen molar-refractivity contribution >= 4 is 81.2 Å². The van der Waals surface area contributed by atoms with E-state index in [1.54, 1.807) is 0 Å². The predicted octanol–water partition coefficient (Wildman–Crippen LogP) is -0.609. The van der Waals surface area contributed by atoms with E-state index in [1.807, 2.05) is 0 Å². The van der Waals surface area contributed by atoms with E-state index in [0.29, 0.717) is 0 Å². The molecule has 0 unspecified atom stereocenters. The zero-order valence-electron chi connectivity index (χ0n) is 23.6. The van der Waals surface area contributed by atoms with Crippen LogP contribution in [0.2, 0.25) is 5.02 Å². The highest BCUT2D eigenvalue weighted by atomic mass is 35.5. The smallest absolute Gasteiger partial charge is 0.350 e. The second kappa shape index (κ2) is 11.3. The number of carboxylic acids is 2. The van der Waals surface area contributed by atoms with E-state index >= 15 is 0 Å². The van der Waals surface area contributed by atoms with Gasteiger partial charge in [-0.2, -0.15) is 0 Å². The van der Waals surface area contributed by atoms with Gasteiger partial charge in [-0.25, -0.2) is 24.4 Å². The highest BCUT2D eigenvalue weighted by molar-refractivity contribution is 8.02. The molecule has 8 N–H and O–H groups in total. The van der Waals surface area contributed by atoms with Gasteiger partial charge in [0.15, 0.2) is 22.3 Å². The number of nitrogens with one attached hydrogen (secondary N) is 2. The summed E-state index contributed by atoms with van der Waals surface area (Å²) in [5.74, 6) is -6.59. The van der Waals surface area contributed by atoms with Crippen molar-refractivity contribution < 1.29 is 54.0 Å². The number of fused-ring (bicyclic) bond motifs is 1. The lowest BCUT2D eigenvalue weighted by Gasteiger charge is -2.41. The Hall–Kier alpha value is -5.02. The van der Waals surface area contributed by atoms with Gasteiger partial charge in [0.05, 0.1) is 23.7 Å². The van der Waals surface area contributed by atoms with E-state index in [9.17, 15) is 49.2 Å². The summed E-state index contributed by atoms with van der Waals surface area (Å²) in [6, 6.07) is -0.0405. The zero-order valence-corrected chi connectivity index (χ0v) is 26.0. The van der Waals surface area contributed by atoms with Crippen molar-refractivity contribution in [1.29, 1.82) is 0 Å². The molecule has 4 fully saturated rings. The number of carbonyl (C=O) groups is 6. The first kappa shape index (κ1) is 31.9. The lowest BCUT2D eigenvalue weighted by molar-refractivity contribution is -0.153. The molecule has 47 heavy (non-hydrogen) atoms. The van der Waals surface area contributed by atoms with E-state index in [1.165, 1.54) is 10.3 Å². The van der Waals surface area contributed by atoms with Crippen LogP contribution < -0.4 is 16.5 Å². The van der Waals surface area contributed by atoms with Crippen molar-refractivity contribution in [2.24, 2.45) is 5.16 Å². The van der Waals surface area contributed by atoms with Gasteiger partial charge in [-0.3, -0.25) is 24.7 Å². The summed E-state index contributed by atoms with van der Waals surface area (Å²) in [7, 11) is 0. The average molecular weight is 711 g/mol. The number of rotatable bonds is 10. The number of urea groups is 1. The number of hydrazine groups is 1. The van der Waals surface area contributed by atoms with Crippen molar-refractivity contribution in [3.05, 3.63) is 33.8 Å². The van der Waals surface area contributed by atoms with Crippen molar-refractivity contribution in [2.75, 3.05) is 25.4 Å². The summed E-state index contributed by atoms with van der Waals surface area (Å²) in [5, 5.41) is 46.2. The van der Waals surface area contributed by atoms with Crippen molar-refractivity contribution in [3.8, 4) is 11.5 Å². The zero-order chi connectivity index (χ0) is 34.0. The molecule has 1 aromatic heterocycles. The van der Waals surface area contributed by atoms with E-state index < -0.39 is 86.4 Å². The number of phenolic OH excluding ortho intramolecular Hbond substituents is 2. The molecule has 4 heterocycles. The number of carboxylic acid groups (broad SMARTS) is 2. The Morgan fingerprint density at radius 1 is 1.13 bits per heavy atom. The van der Waals surface area contributed by atoms with Gasteiger partial charge in [0, 0.05) is 24.8 Å². The molecule has 4 aliphatic rings. The Morgan fingerprint density at radius 3 is 2.47 bits per heavy atom. The monoisotopic (exact) mass is 710 g/mol. The molecule has 3 aliphatic heterocycles. The number of thioether (sulfide) groups is 1. The number of carbonyl (C=O) groups excluding carboxylic acids is 4. The fourth-order valence-corrected chi connectivity index (χ4v) is 7.53. The number of benzene rings is 1. The standard InChI is InChI=1S/C25H23ClN8O11S2/c26-12-9(1-2-11(35)15(12)36)16(37)30-34-6-5-33(23(34)44)25(21(42)43)8-32-18(39)14(19(32)47-25)29-17(38)13(10-7-46-22(27)28-10)31-45-24(3-4-24)20(40)41/h1-2,7,14,19,35-36H,3-6,8H2,(H2,27,28)(H,29,38)(H,30,37)(H,40,41)(H,42,43)/b31-13-/t14-,19-,25-/m1/s1. The number of aromatic hydroxyl groups is 2. The number of hydrogen-bond acceptors (Lipinski definition) is 14. The number of thiazole rings is 1. The first-order valence-electron chi connectivity index (χ1n) is 13.5. The molecule has 248 valence electrons. The number of nitrogens with two attached hydrogens (primary N) is 1. The van der Waals surface area contributed by atoms with Gasteiger partial charge in [-0.05, 0) is 12.1 Å². The van der Waals surface area contributed by atoms with Crippen LogP contribution >= 0.6 is 34.7 Å². The van der Waals surface area contributed by atoms with Crippen LogP contribution in [0.1, 0.15) is 28.9 Å². The van der Waals surface area contributed by atoms with Gasteiger partial charge in [-0.1, -0.05) is 28.5 Å². The number of amides is 5. The minimum absolute atomic E-state index is 0.0395. The van der Waals surface area contributed by atoms with E-state index in [-0.39, 0.29) is 42.3 Å². The summed E-state index contributed by atoms with van der Waals surface area (Å²) in [6.45, 7) is -0.777. The SMILES string of the molecule is Nc1nc(/C(=N/OC2(C(=O)O)CC2)C(=O)N[C@@H]2C(=O)N3C[C@@](C(=O)O)(N4CCN(NC(=O)c5ccc(O)c(O)c5Cl)C4=O)S[C@H]23)cs1. The van der Waals surface area contributed by atoms with Gasteiger partial charge in [-0.15, -0.1) is 11.3 Å². The largest absolute Gasteiger partial charge is 0.504 e. The second-order valence-corrected chi connectivity index (χ2v) is 13.4. The maximum atomic E-state index is 13.4. The quantitative estimate of drug-likeness (QED) is 0.0701. The minimum atomic E-state index is -2.01. The summed E-state index contributed by atoms with van der Waals surface area (Å²) in [4.78, 5) is 86.2. The van der Waals surface area contributed by atoms with Gasteiger partial charge in [0.1, 0.15) is 17.1 Å². The Labute approximate surface area is 275 Å². The Balaban J connectivity index is 1.17. The summed E-state index contributed by atoms with van der Waals surface area (Å²) < 4.78 is 0. The molecule has 22 heteroatoms. The van der Waals surface area contributed by atoms with E-state index in [4.69, 9.17) is 22.2 Å². The first-order chi connectivity index (χ1) is 22.2. The first-order valence-corrected chi connectivity index (χ1v) is 15.7. The number of nitrogen functional groups attached to an aromatic ring is 1. The van der Waals surface area contributed by atoms with Crippen LogP contribution in [0, 0.1) is 0 Å². The Kier molecular flexibility index (Phi) is 7.71. The number of nitrogens with zero attached hydrogens (tertiary/aromatic N) is 5. The van der Waals surface area contributed by atoms with Crippen LogP contribution in [0.5, 0.6) is 11.5 Å².